The summed E-state index contributed by atoms with van der Waals surface area (Å²) in [7, 11) is 0. The van der Waals surface area contributed by atoms with Crippen molar-refractivity contribution in [2.24, 2.45) is 0 Å². The summed E-state index contributed by atoms with van der Waals surface area (Å²) in [4.78, 5) is 6.85. The van der Waals surface area contributed by atoms with Crippen LogP contribution in [0, 0.1) is 13.8 Å². The maximum absolute atomic E-state index is 5.64. The Labute approximate surface area is 165 Å². The predicted octanol–water partition coefficient (Wildman–Crippen LogP) is 4.48. The van der Waals surface area contributed by atoms with Gasteiger partial charge in [0.25, 0.3) is 0 Å². The normalized spacial score (nSPS) is 19.4. The molecule has 0 bridgehead atoms. The highest BCUT2D eigenvalue weighted by atomic mass is 32.1. The smallest absolute Gasteiger partial charge is 0.170 e. The molecule has 1 aliphatic heterocycles. The fourth-order valence-electron chi connectivity index (χ4n) is 3.81. The number of nitrogens with zero attached hydrogens (tertiary/aromatic N) is 3. The van der Waals surface area contributed by atoms with Gasteiger partial charge in [0.15, 0.2) is 5.11 Å². The molecule has 0 aliphatic carbocycles. The summed E-state index contributed by atoms with van der Waals surface area (Å²) in [5.41, 5.74) is 5.99. The molecule has 3 heterocycles. The molecule has 1 saturated heterocycles. The zero-order valence-electron chi connectivity index (χ0n) is 15.9. The molecule has 138 valence electrons. The van der Waals surface area contributed by atoms with Gasteiger partial charge in [0, 0.05) is 30.3 Å². The van der Waals surface area contributed by atoms with E-state index < -0.39 is 0 Å². The van der Waals surface area contributed by atoms with Crippen molar-refractivity contribution in [1.29, 1.82) is 0 Å². The molecule has 0 amide bonds. The topological polar surface area (TPSA) is 33.1 Å². The number of nitrogens with one attached hydrogen (secondary N) is 1. The largest absolute Gasteiger partial charge is 0.352 e. The lowest BCUT2D eigenvalue weighted by Crippen LogP contribution is -2.30. The third-order valence-corrected chi connectivity index (χ3v) is 5.74. The van der Waals surface area contributed by atoms with Crippen molar-refractivity contribution in [2.45, 2.75) is 32.9 Å². The number of pyridine rings is 1. The van der Waals surface area contributed by atoms with Gasteiger partial charge < -0.3 is 14.8 Å². The summed E-state index contributed by atoms with van der Waals surface area (Å²) in [5, 5.41) is 4.27. The van der Waals surface area contributed by atoms with Crippen LogP contribution >= 0.6 is 12.2 Å². The molecule has 5 heteroatoms. The van der Waals surface area contributed by atoms with E-state index in [2.05, 4.69) is 83.1 Å². The zero-order valence-corrected chi connectivity index (χ0v) is 16.7. The van der Waals surface area contributed by atoms with E-state index >= 15 is 0 Å². The van der Waals surface area contributed by atoms with Crippen molar-refractivity contribution < 1.29 is 0 Å². The Kier molecular flexibility index (Phi) is 4.70. The molecule has 27 heavy (non-hydrogen) atoms. The van der Waals surface area contributed by atoms with Gasteiger partial charge in [-0.15, -0.1) is 0 Å². The Bertz CT molecular complexity index is 963. The van der Waals surface area contributed by atoms with Crippen LogP contribution < -0.4 is 5.32 Å². The molecule has 3 aromatic rings. The third-order valence-electron chi connectivity index (χ3n) is 5.39. The van der Waals surface area contributed by atoms with Gasteiger partial charge in [0.1, 0.15) is 0 Å². The lowest BCUT2D eigenvalue weighted by Gasteiger charge is -2.28. The number of likely N-dealkylation sites (N-methyl/N-ethyl adjacent to an activating group) is 1. The first-order valence-corrected chi connectivity index (χ1v) is 9.74. The average molecular weight is 377 g/mol. The fraction of sp³-hybridized carbons (Fsp3) is 0.273. The van der Waals surface area contributed by atoms with E-state index in [1.54, 1.807) is 0 Å². The van der Waals surface area contributed by atoms with Gasteiger partial charge in [-0.05, 0) is 80.5 Å². The number of aromatic nitrogens is 2. The van der Waals surface area contributed by atoms with Crippen LogP contribution in [-0.2, 0) is 0 Å². The number of thiocarbonyl (C=S) groups is 1. The van der Waals surface area contributed by atoms with E-state index in [9.17, 15) is 0 Å². The minimum Gasteiger partial charge on any atom is -0.352 e. The first-order chi connectivity index (χ1) is 13.1. The lowest BCUT2D eigenvalue weighted by molar-refractivity contribution is 0.321. The summed E-state index contributed by atoms with van der Waals surface area (Å²) in [5.74, 6) is 0. The van der Waals surface area contributed by atoms with Gasteiger partial charge in [-0.3, -0.25) is 4.98 Å². The van der Waals surface area contributed by atoms with Gasteiger partial charge in [-0.1, -0.05) is 12.1 Å². The van der Waals surface area contributed by atoms with E-state index in [0.717, 1.165) is 17.4 Å². The molecule has 1 fully saturated rings. The zero-order chi connectivity index (χ0) is 19.0. The maximum atomic E-state index is 5.64. The summed E-state index contributed by atoms with van der Waals surface area (Å²) < 4.78 is 2.27. The SMILES string of the molecule is CCN1C(=S)N[C@@H](c2ccccn2)[C@H]1c1cccn1-c1ccc(C)c(C)c1. The van der Waals surface area contributed by atoms with Crippen molar-refractivity contribution in [3.8, 4) is 5.69 Å². The van der Waals surface area contributed by atoms with Crippen molar-refractivity contribution in [1.82, 2.24) is 19.8 Å². The Morgan fingerprint density at radius 1 is 1.07 bits per heavy atom. The molecule has 2 aromatic heterocycles. The summed E-state index contributed by atoms with van der Waals surface area (Å²) >= 11 is 5.64. The number of benzene rings is 1. The first kappa shape index (κ1) is 17.7. The van der Waals surface area contributed by atoms with Crippen LogP contribution in [0.1, 0.15) is 41.5 Å². The Morgan fingerprint density at radius 2 is 1.93 bits per heavy atom. The Hall–Kier alpha value is -2.66. The second kappa shape index (κ2) is 7.16. The second-order valence-corrected chi connectivity index (χ2v) is 7.37. The number of rotatable bonds is 4. The summed E-state index contributed by atoms with van der Waals surface area (Å²) in [6, 6.07) is 17.1. The molecule has 0 radical (unpaired) electrons. The average Bonchev–Trinajstić information content (AvgIpc) is 3.28. The maximum Gasteiger partial charge on any atom is 0.170 e. The lowest BCUT2D eigenvalue weighted by atomic mass is 10.0. The van der Waals surface area contributed by atoms with Gasteiger partial charge in [-0.25, -0.2) is 0 Å². The highest BCUT2D eigenvalue weighted by molar-refractivity contribution is 7.80. The quantitative estimate of drug-likeness (QED) is 0.681. The van der Waals surface area contributed by atoms with Crippen molar-refractivity contribution in [2.75, 3.05) is 6.54 Å². The molecule has 1 N–H and O–H groups in total. The predicted molar refractivity (Wildman–Crippen MR) is 113 cm³/mol. The first-order valence-electron chi connectivity index (χ1n) is 9.33. The molecular formula is C22H24N4S. The molecule has 4 nitrogen and oxygen atoms in total. The molecule has 0 spiro atoms. The summed E-state index contributed by atoms with van der Waals surface area (Å²) in [6.45, 7) is 7.29. The van der Waals surface area contributed by atoms with Crippen molar-refractivity contribution in [3.63, 3.8) is 0 Å². The Morgan fingerprint density at radius 3 is 2.63 bits per heavy atom. The van der Waals surface area contributed by atoms with E-state index in [1.807, 2.05) is 18.3 Å². The molecule has 1 aliphatic rings. The van der Waals surface area contributed by atoms with Crippen LogP contribution in [0.3, 0.4) is 0 Å². The second-order valence-electron chi connectivity index (χ2n) is 6.98. The minimum absolute atomic E-state index is 0.0267. The van der Waals surface area contributed by atoms with E-state index in [0.29, 0.717) is 0 Å². The number of aryl methyl sites for hydroxylation is 2. The molecule has 4 rings (SSSR count). The standard InChI is InChI=1S/C22H24N4S/c1-4-25-21(20(24-22(25)27)18-8-5-6-12-23-18)19-9-7-13-26(19)17-11-10-15(2)16(3)14-17/h5-14,20-21H,4H2,1-3H3,(H,24,27)/t20-,21+/m0/s1. The van der Waals surface area contributed by atoms with Gasteiger partial charge >= 0.3 is 0 Å². The van der Waals surface area contributed by atoms with Crippen LogP contribution in [0.5, 0.6) is 0 Å². The van der Waals surface area contributed by atoms with Gasteiger partial charge in [0.05, 0.1) is 17.8 Å². The van der Waals surface area contributed by atoms with E-state index in [-0.39, 0.29) is 12.1 Å². The van der Waals surface area contributed by atoms with Crippen LogP contribution in [0.15, 0.2) is 60.9 Å². The number of hydrogen-bond donors (Lipinski definition) is 1. The van der Waals surface area contributed by atoms with Crippen LogP contribution in [0.2, 0.25) is 0 Å². The van der Waals surface area contributed by atoms with Crippen molar-refractivity contribution in [3.05, 3.63) is 83.4 Å². The van der Waals surface area contributed by atoms with Gasteiger partial charge in [-0.2, -0.15) is 0 Å². The van der Waals surface area contributed by atoms with Crippen LogP contribution in [0.25, 0.3) is 5.69 Å². The molecule has 0 saturated carbocycles. The monoisotopic (exact) mass is 376 g/mol. The Balaban J connectivity index is 1.81. The minimum atomic E-state index is 0.0267. The van der Waals surface area contributed by atoms with E-state index in [1.165, 1.54) is 22.5 Å². The van der Waals surface area contributed by atoms with Gasteiger partial charge in [0.2, 0.25) is 0 Å². The summed E-state index contributed by atoms with van der Waals surface area (Å²) in [6.07, 6.45) is 3.97. The van der Waals surface area contributed by atoms with Crippen LogP contribution in [0.4, 0.5) is 0 Å². The molecular weight excluding hydrogens is 352 g/mol. The molecule has 1 aromatic carbocycles. The number of hydrogen-bond acceptors (Lipinski definition) is 2. The third kappa shape index (κ3) is 3.12. The van der Waals surface area contributed by atoms with E-state index in [4.69, 9.17) is 12.2 Å². The van der Waals surface area contributed by atoms with Crippen LogP contribution in [-0.4, -0.2) is 26.1 Å². The highest BCUT2D eigenvalue weighted by Gasteiger charge is 2.40. The molecule has 0 unspecified atom stereocenters. The highest BCUT2D eigenvalue weighted by Crippen LogP contribution is 2.39. The van der Waals surface area contributed by atoms with Crippen molar-refractivity contribution >= 4 is 17.3 Å². The molecule has 2 atom stereocenters. The fourth-order valence-corrected chi connectivity index (χ4v) is 4.18.